The Hall–Kier alpha value is -2.64. The molecule has 0 fully saturated rings. The molecule has 0 spiro atoms. The van der Waals surface area contributed by atoms with Crippen molar-refractivity contribution >= 4 is 41.0 Å². The molecule has 2 aromatic rings. The van der Waals surface area contributed by atoms with Crippen LogP contribution in [0.25, 0.3) is 0 Å². The van der Waals surface area contributed by atoms with E-state index in [4.69, 9.17) is 27.9 Å². The monoisotopic (exact) mass is 395 g/mol. The van der Waals surface area contributed by atoms with Gasteiger partial charge in [0, 0.05) is 11.6 Å². The van der Waals surface area contributed by atoms with E-state index in [1.165, 1.54) is 24.4 Å². The molecule has 9 heteroatoms. The molecular formula is C17H15Cl2N3O4. The van der Waals surface area contributed by atoms with Gasteiger partial charge < -0.3 is 4.74 Å². The van der Waals surface area contributed by atoms with Crippen LogP contribution in [0.15, 0.2) is 41.5 Å². The van der Waals surface area contributed by atoms with E-state index in [-0.39, 0.29) is 12.1 Å². The number of rotatable bonds is 7. The highest BCUT2D eigenvalue weighted by Crippen LogP contribution is 2.33. The van der Waals surface area contributed by atoms with E-state index in [0.29, 0.717) is 33.5 Å². The fraction of sp³-hybridized carbons (Fsp3) is 0.176. The van der Waals surface area contributed by atoms with Gasteiger partial charge in [-0.05, 0) is 24.6 Å². The van der Waals surface area contributed by atoms with Gasteiger partial charge >= 0.3 is 0 Å². The Balaban J connectivity index is 2.03. The maximum Gasteiger partial charge on any atom is 0.273 e. The Morgan fingerprint density at radius 3 is 2.58 bits per heavy atom. The highest BCUT2D eigenvalue weighted by Gasteiger charge is 2.15. The zero-order valence-electron chi connectivity index (χ0n) is 13.7. The molecule has 136 valence electrons. The van der Waals surface area contributed by atoms with E-state index in [0.717, 1.165) is 0 Å². The predicted octanol–water partition coefficient (Wildman–Crippen LogP) is 3.99. The van der Waals surface area contributed by atoms with Gasteiger partial charge in [-0.2, -0.15) is 5.10 Å². The van der Waals surface area contributed by atoms with Gasteiger partial charge in [0.05, 0.1) is 34.2 Å². The molecule has 0 heterocycles. The summed E-state index contributed by atoms with van der Waals surface area (Å²) < 4.78 is 5.33. The second-order valence-electron chi connectivity index (χ2n) is 5.10. The highest BCUT2D eigenvalue weighted by atomic mass is 35.5. The lowest BCUT2D eigenvalue weighted by atomic mass is 10.1. The van der Waals surface area contributed by atoms with Crippen molar-refractivity contribution in [2.75, 3.05) is 6.61 Å². The average molecular weight is 396 g/mol. The zero-order valence-corrected chi connectivity index (χ0v) is 15.3. The quantitative estimate of drug-likeness (QED) is 0.435. The van der Waals surface area contributed by atoms with Crippen LogP contribution in [-0.4, -0.2) is 23.7 Å². The zero-order chi connectivity index (χ0) is 19.1. The molecule has 0 unspecified atom stereocenters. The summed E-state index contributed by atoms with van der Waals surface area (Å²) in [6, 6.07) is 9.22. The number of nitro groups is 1. The van der Waals surface area contributed by atoms with Crippen molar-refractivity contribution in [3.63, 3.8) is 0 Å². The molecule has 26 heavy (non-hydrogen) atoms. The lowest BCUT2D eigenvalue weighted by Gasteiger charge is -2.08. The van der Waals surface area contributed by atoms with Crippen LogP contribution in [0, 0.1) is 10.1 Å². The summed E-state index contributed by atoms with van der Waals surface area (Å²) >= 11 is 12.2. The van der Waals surface area contributed by atoms with Crippen LogP contribution < -0.4 is 10.2 Å². The number of ether oxygens (including phenoxy) is 1. The van der Waals surface area contributed by atoms with E-state index in [9.17, 15) is 14.9 Å². The Bertz CT molecular complexity index is 833. The maximum atomic E-state index is 11.9. The van der Waals surface area contributed by atoms with Gasteiger partial charge in [0.25, 0.3) is 5.69 Å². The van der Waals surface area contributed by atoms with Crippen molar-refractivity contribution in [3.05, 3.63) is 67.7 Å². The fourth-order valence-corrected chi connectivity index (χ4v) is 2.78. The summed E-state index contributed by atoms with van der Waals surface area (Å²) in [6.45, 7) is 2.24. The number of carbonyl (C=O) groups is 1. The number of hydrogen-bond acceptors (Lipinski definition) is 5. The van der Waals surface area contributed by atoms with Crippen molar-refractivity contribution in [2.45, 2.75) is 13.3 Å². The number of halogens is 2. The minimum Gasteiger partial charge on any atom is -0.491 e. The Morgan fingerprint density at radius 2 is 1.96 bits per heavy atom. The molecule has 2 aromatic carbocycles. The molecule has 0 saturated heterocycles. The van der Waals surface area contributed by atoms with Crippen LogP contribution >= 0.6 is 23.2 Å². The van der Waals surface area contributed by atoms with Gasteiger partial charge in [-0.15, -0.1) is 0 Å². The van der Waals surface area contributed by atoms with Crippen LogP contribution in [0.4, 0.5) is 5.69 Å². The van der Waals surface area contributed by atoms with Crippen LogP contribution in [0.2, 0.25) is 10.0 Å². The summed E-state index contributed by atoms with van der Waals surface area (Å²) in [5.41, 5.74) is 3.07. The molecule has 0 aliphatic rings. The van der Waals surface area contributed by atoms with Crippen LogP contribution in [0.3, 0.4) is 0 Å². The number of para-hydroxylation sites is 1. The summed E-state index contributed by atoms with van der Waals surface area (Å²) in [4.78, 5) is 22.3. The first kappa shape index (κ1) is 19.7. The van der Waals surface area contributed by atoms with Crippen molar-refractivity contribution < 1.29 is 14.5 Å². The van der Waals surface area contributed by atoms with E-state index in [1.807, 2.05) is 6.92 Å². The predicted molar refractivity (Wildman–Crippen MR) is 100 cm³/mol. The number of nitrogens with zero attached hydrogens (tertiary/aromatic N) is 2. The van der Waals surface area contributed by atoms with E-state index in [1.54, 1.807) is 18.2 Å². The third kappa shape index (κ3) is 5.18. The van der Waals surface area contributed by atoms with Gasteiger partial charge in [-0.3, -0.25) is 14.9 Å². The number of nitro benzene ring substituents is 1. The second kappa shape index (κ2) is 9.17. The number of benzene rings is 2. The molecule has 0 aliphatic carbocycles. The molecule has 1 N–H and O–H groups in total. The van der Waals surface area contributed by atoms with E-state index in [2.05, 4.69) is 10.5 Å². The number of amides is 1. The average Bonchev–Trinajstić information content (AvgIpc) is 2.58. The van der Waals surface area contributed by atoms with E-state index < -0.39 is 10.8 Å². The minimum atomic E-state index is -0.532. The fourth-order valence-electron chi connectivity index (χ4n) is 2.17. The largest absolute Gasteiger partial charge is 0.491 e. The standard InChI is InChI=1S/C17H15Cl2N3O4/c1-2-26-17-13(18)7-11(8-14(17)19)10-20-21-16(23)9-12-5-3-4-6-15(12)22(24)25/h3-8,10H,2,9H2,1H3,(H,21,23)/b20-10+. The molecule has 0 bridgehead atoms. The lowest BCUT2D eigenvalue weighted by Crippen LogP contribution is -2.20. The van der Waals surface area contributed by atoms with Gasteiger partial charge in [0.2, 0.25) is 5.91 Å². The molecule has 7 nitrogen and oxygen atoms in total. The first-order chi connectivity index (χ1) is 12.4. The second-order valence-corrected chi connectivity index (χ2v) is 5.92. The number of hydrogen-bond donors (Lipinski definition) is 1. The smallest absolute Gasteiger partial charge is 0.273 e. The molecule has 0 saturated carbocycles. The molecular weight excluding hydrogens is 381 g/mol. The Labute approximate surface area is 159 Å². The topological polar surface area (TPSA) is 93.8 Å². The third-order valence-electron chi connectivity index (χ3n) is 3.25. The van der Waals surface area contributed by atoms with Crippen molar-refractivity contribution in [1.29, 1.82) is 0 Å². The first-order valence-corrected chi connectivity index (χ1v) is 8.34. The third-order valence-corrected chi connectivity index (χ3v) is 3.81. The van der Waals surface area contributed by atoms with Crippen LogP contribution in [0.1, 0.15) is 18.1 Å². The van der Waals surface area contributed by atoms with Crippen LogP contribution in [0.5, 0.6) is 5.75 Å². The van der Waals surface area contributed by atoms with Gasteiger partial charge in [-0.25, -0.2) is 5.43 Å². The summed E-state index contributed by atoms with van der Waals surface area (Å²) in [6.07, 6.45) is 1.20. The maximum absolute atomic E-state index is 11.9. The molecule has 0 aromatic heterocycles. The molecule has 2 rings (SSSR count). The Kier molecular flexibility index (Phi) is 6.94. The van der Waals surface area contributed by atoms with Gasteiger partial charge in [-0.1, -0.05) is 41.4 Å². The van der Waals surface area contributed by atoms with E-state index >= 15 is 0 Å². The summed E-state index contributed by atoms with van der Waals surface area (Å²) in [5, 5.41) is 15.4. The number of nitrogens with one attached hydrogen (secondary N) is 1. The van der Waals surface area contributed by atoms with Crippen molar-refractivity contribution in [1.82, 2.24) is 5.43 Å². The normalized spacial score (nSPS) is 10.7. The summed E-state index contributed by atoms with van der Waals surface area (Å²) in [7, 11) is 0. The minimum absolute atomic E-state index is 0.114. The molecule has 1 amide bonds. The SMILES string of the molecule is CCOc1c(Cl)cc(/C=N/NC(=O)Cc2ccccc2[N+](=O)[O-])cc1Cl. The number of carbonyl (C=O) groups excluding carboxylic acids is 1. The first-order valence-electron chi connectivity index (χ1n) is 7.58. The highest BCUT2D eigenvalue weighted by molar-refractivity contribution is 6.37. The van der Waals surface area contributed by atoms with Gasteiger partial charge in [0.1, 0.15) is 0 Å². The Morgan fingerprint density at radius 1 is 1.31 bits per heavy atom. The van der Waals surface area contributed by atoms with Crippen molar-refractivity contribution in [3.8, 4) is 5.75 Å². The molecule has 0 radical (unpaired) electrons. The lowest BCUT2D eigenvalue weighted by molar-refractivity contribution is -0.385. The molecule has 0 atom stereocenters. The van der Waals surface area contributed by atoms with Crippen LogP contribution in [-0.2, 0) is 11.2 Å². The van der Waals surface area contributed by atoms with Gasteiger partial charge in [0.15, 0.2) is 5.75 Å². The number of hydrazone groups is 1. The summed E-state index contributed by atoms with van der Waals surface area (Å²) in [5.74, 6) is -0.105. The molecule has 0 aliphatic heterocycles. The van der Waals surface area contributed by atoms with Crippen molar-refractivity contribution in [2.24, 2.45) is 5.10 Å².